The number of hydrogen-bond donors (Lipinski definition) is 0. The third kappa shape index (κ3) is 2.22. The summed E-state index contributed by atoms with van der Waals surface area (Å²) in [6.07, 6.45) is 3.63. The van der Waals surface area contributed by atoms with E-state index in [-0.39, 0.29) is 5.97 Å². The predicted octanol–water partition coefficient (Wildman–Crippen LogP) is 3.88. The first-order chi connectivity index (χ1) is 6.55. The fourth-order valence-corrected chi connectivity index (χ4v) is 2.47. The molecule has 1 rings (SSSR count). The maximum absolute atomic E-state index is 11.5. The molecule has 0 amide bonds. The van der Waals surface area contributed by atoms with Gasteiger partial charge in [0.2, 0.25) is 0 Å². The summed E-state index contributed by atoms with van der Waals surface area (Å²) < 4.78 is 5.54. The van der Waals surface area contributed by atoms with Crippen LogP contribution in [0.2, 0.25) is 0 Å². The highest BCUT2D eigenvalue weighted by atomic mass is 79.9. The van der Waals surface area contributed by atoms with Gasteiger partial charge < -0.3 is 4.74 Å². The SMILES string of the molecule is CCCCC1=C(Br)C(Br)(CC)OC1=O. The van der Waals surface area contributed by atoms with Crippen LogP contribution < -0.4 is 0 Å². The molecule has 1 unspecified atom stereocenters. The summed E-state index contributed by atoms with van der Waals surface area (Å²) in [7, 11) is 0. The second-order valence-corrected chi connectivity index (χ2v) is 5.44. The fraction of sp³-hybridized carbons (Fsp3) is 0.700. The highest BCUT2D eigenvalue weighted by Crippen LogP contribution is 2.45. The molecule has 2 nitrogen and oxygen atoms in total. The van der Waals surface area contributed by atoms with Gasteiger partial charge in [-0.15, -0.1) is 0 Å². The molecule has 0 aromatic heterocycles. The van der Waals surface area contributed by atoms with E-state index in [1.807, 2.05) is 6.92 Å². The van der Waals surface area contributed by atoms with Crippen LogP contribution in [-0.2, 0) is 9.53 Å². The van der Waals surface area contributed by atoms with Crippen molar-refractivity contribution in [3.8, 4) is 0 Å². The van der Waals surface area contributed by atoms with Crippen LogP contribution in [-0.4, -0.2) is 10.5 Å². The van der Waals surface area contributed by atoms with Gasteiger partial charge in [-0.3, -0.25) is 0 Å². The van der Waals surface area contributed by atoms with Crippen LogP contribution in [0.4, 0.5) is 0 Å². The van der Waals surface area contributed by atoms with E-state index in [0.29, 0.717) is 0 Å². The maximum atomic E-state index is 11.5. The van der Waals surface area contributed by atoms with Gasteiger partial charge in [-0.2, -0.15) is 0 Å². The van der Waals surface area contributed by atoms with Gasteiger partial charge in [0.05, 0.1) is 10.1 Å². The number of halogens is 2. The van der Waals surface area contributed by atoms with Crippen molar-refractivity contribution in [1.29, 1.82) is 0 Å². The Labute approximate surface area is 101 Å². The van der Waals surface area contributed by atoms with Crippen molar-refractivity contribution in [2.24, 2.45) is 0 Å². The minimum atomic E-state index is -0.604. The van der Waals surface area contributed by atoms with Gasteiger partial charge in [-0.1, -0.05) is 20.3 Å². The zero-order chi connectivity index (χ0) is 10.8. The summed E-state index contributed by atoms with van der Waals surface area (Å²) in [6.45, 7) is 4.09. The van der Waals surface area contributed by atoms with Crippen LogP contribution in [0.3, 0.4) is 0 Å². The van der Waals surface area contributed by atoms with E-state index in [1.165, 1.54) is 0 Å². The number of rotatable bonds is 4. The molecule has 14 heavy (non-hydrogen) atoms. The van der Waals surface area contributed by atoms with Crippen molar-refractivity contribution in [1.82, 2.24) is 0 Å². The van der Waals surface area contributed by atoms with E-state index in [0.717, 1.165) is 35.7 Å². The quantitative estimate of drug-likeness (QED) is 0.579. The van der Waals surface area contributed by atoms with E-state index in [2.05, 4.69) is 38.8 Å². The summed E-state index contributed by atoms with van der Waals surface area (Å²) in [5.74, 6) is -0.191. The molecule has 1 atom stereocenters. The van der Waals surface area contributed by atoms with E-state index < -0.39 is 4.51 Å². The number of carbonyl (C=O) groups is 1. The van der Waals surface area contributed by atoms with Gasteiger partial charge in [-0.25, -0.2) is 4.79 Å². The zero-order valence-corrected chi connectivity index (χ0v) is 11.6. The van der Waals surface area contributed by atoms with Crippen LogP contribution in [0, 0.1) is 0 Å². The number of cyclic esters (lactones) is 1. The maximum Gasteiger partial charge on any atom is 0.336 e. The lowest BCUT2D eigenvalue weighted by Gasteiger charge is -2.18. The smallest absolute Gasteiger partial charge is 0.336 e. The van der Waals surface area contributed by atoms with Crippen molar-refractivity contribution < 1.29 is 9.53 Å². The molecule has 0 aliphatic carbocycles. The Bertz CT molecular complexity index is 273. The molecule has 80 valence electrons. The molecule has 0 bridgehead atoms. The molecule has 1 aliphatic heterocycles. The average molecular weight is 326 g/mol. The van der Waals surface area contributed by atoms with Crippen molar-refractivity contribution >= 4 is 37.8 Å². The van der Waals surface area contributed by atoms with Crippen LogP contribution in [0.5, 0.6) is 0 Å². The molecule has 4 heteroatoms. The number of carbonyl (C=O) groups excluding carboxylic acids is 1. The average Bonchev–Trinajstić information content (AvgIpc) is 2.37. The summed E-state index contributed by atoms with van der Waals surface area (Å²) >= 11 is 6.88. The van der Waals surface area contributed by atoms with Crippen LogP contribution >= 0.6 is 31.9 Å². The van der Waals surface area contributed by atoms with Gasteiger partial charge in [0.25, 0.3) is 0 Å². The zero-order valence-electron chi connectivity index (χ0n) is 8.40. The molecule has 0 spiro atoms. The van der Waals surface area contributed by atoms with Gasteiger partial charge in [0.15, 0.2) is 4.51 Å². The van der Waals surface area contributed by atoms with Crippen LogP contribution in [0.1, 0.15) is 39.5 Å². The minimum absolute atomic E-state index is 0.191. The van der Waals surface area contributed by atoms with Gasteiger partial charge in [0.1, 0.15) is 0 Å². The number of unbranched alkanes of at least 4 members (excludes halogenated alkanes) is 1. The normalized spacial score (nSPS) is 27.0. The number of hydrogen-bond acceptors (Lipinski definition) is 2. The second-order valence-electron chi connectivity index (χ2n) is 3.37. The lowest BCUT2D eigenvalue weighted by atomic mass is 10.1. The monoisotopic (exact) mass is 324 g/mol. The lowest BCUT2D eigenvalue weighted by Crippen LogP contribution is -2.20. The summed E-state index contributed by atoms with van der Waals surface area (Å²) in [6, 6.07) is 0. The third-order valence-electron chi connectivity index (χ3n) is 2.33. The molecule has 0 N–H and O–H groups in total. The van der Waals surface area contributed by atoms with E-state index >= 15 is 0 Å². The molecule has 0 aromatic carbocycles. The molecule has 1 heterocycles. The highest BCUT2D eigenvalue weighted by molar-refractivity contribution is 9.14. The number of alkyl halides is 1. The summed E-state index contributed by atoms with van der Waals surface area (Å²) in [5, 5.41) is 0. The van der Waals surface area contributed by atoms with Gasteiger partial charge in [-0.05, 0) is 51.1 Å². The first-order valence-electron chi connectivity index (χ1n) is 4.86. The Balaban J connectivity index is 2.84. The van der Waals surface area contributed by atoms with Crippen LogP contribution in [0.25, 0.3) is 0 Å². The number of esters is 1. The van der Waals surface area contributed by atoms with Crippen molar-refractivity contribution in [2.75, 3.05) is 0 Å². The van der Waals surface area contributed by atoms with Gasteiger partial charge >= 0.3 is 5.97 Å². The van der Waals surface area contributed by atoms with Gasteiger partial charge in [0, 0.05) is 0 Å². The standard InChI is InChI=1S/C10H14Br2O2/c1-3-5-6-7-8(11)10(12,4-2)14-9(7)13/h3-6H2,1-2H3. The topological polar surface area (TPSA) is 26.3 Å². The molecular formula is C10H14Br2O2. The lowest BCUT2D eigenvalue weighted by molar-refractivity contribution is -0.141. The first-order valence-corrected chi connectivity index (χ1v) is 6.45. The molecule has 0 fully saturated rings. The Kier molecular flexibility index (Phi) is 4.19. The largest absolute Gasteiger partial charge is 0.439 e. The Morgan fingerprint density at radius 3 is 2.50 bits per heavy atom. The van der Waals surface area contributed by atoms with Crippen molar-refractivity contribution in [3.05, 3.63) is 10.1 Å². The minimum Gasteiger partial charge on any atom is -0.439 e. The fourth-order valence-electron chi connectivity index (χ4n) is 1.36. The van der Waals surface area contributed by atoms with E-state index in [1.54, 1.807) is 0 Å². The molecule has 0 radical (unpaired) electrons. The third-order valence-corrected chi connectivity index (χ3v) is 5.10. The van der Waals surface area contributed by atoms with Crippen molar-refractivity contribution in [2.45, 2.75) is 44.0 Å². The summed E-state index contributed by atoms with van der Waals surface area (Å²) in [5.41, 5.74) is 0.783. The first kappa shape index (κ1) is 12.2. The van der Waals surface area contributed by atoms with Crippen molar-refractivity contribution in [3.63, 3.8) is 0 Å². The van der Waals surface area contributed by atoms with E-state index in [9.17, 15) is 4.79 Å². The molecule has 0 saturated heterocycles. The summed E-state index contributed by atoms with van der Waals surface area (Å²) in [4.78, 5) is 11.5. The Morgan fingerprint density at radius 2 is 2.07 bits per heavy atom. The van der Waals surface area contributed by atoms with Crippen LogP contribution in [0.15, 0.2) is 10.1 Å². The Morgan fingerprint density at radius 1 is 1.43 bits per heavy atom. The van der Waals surface area contributed by atoms with E-state index in [4.69, 9.17) is 4.74 Å². The highest BCUT2D eigenvalue weighted by Gasteiger charge is 2.42. The molecule has 0 aromatic rings. The molecule has 1 aliphatic rings. The second kappa shape index (κ2) is 4.79. The predicted molar refractivity (Wildman–Crippen MR) is 63.5 cm³/mol. The number of ether oxygens (including phenoxy) is 1. The molecular weight excluding hydrogens is 312 g/mol. The molecule has 0 saturated carbocycles. The Hall–Kier alpha value is 0.170.